The number of ether oxygens (including phenoxy) is 2. The van der Waals surface area contributed by atoms with E-state index in [0.29, 0.717) is 4.88 Å². The summed E-state index contributed by atoms with van der Waals surface area (Å²) >= 11 is 1.36. The molecule has 0 unspecified atom stereocenters. The molecular weight excluding hydrogens is 300 g/mol. The summed E-state index contributed by atoms with van der Waals surface area (Å²) in [5.41, 5.74) is -3.49. The zero-order valence-corrected chi connectivity index (χ0v) is 12.8. The van der Waals surface area contributed by atoms with E-state index in [0.717, 1.165) is 0 Å². The fourth-order valence-corrected chi connectivity index (χ4v) is 4.18. The Balaban J connectivity index is 2.35. The van der Waals surface area contributed by atoms with E-state index < -0.39 is 28.6 Å². The van der Waals surface area contributed by atoms with Crippen LogP contribution in [0.2, 0.25) is 0 Å². The Kier molecular flexibility index (Phi) is 2.84. The van der Waals surface area contributed by atoms with Crippen LogP contribution in [0.4, 0.5) is 0 Å². The van der Waals surface area contributed by atoms with E-state index in [4.69, 9.17) is 14.9 Å². The zero-order valence-electron chi connectivity index (χ0n) is 12.0. The Morgan fingerprint density at radius 2 is 1.95 bits per heavy atom. The van der Waals surface area contributed by atoms with Crippen LogP contribution in [0.25, 0.3) is 0 Å². The van der Waals surface area contributed by atoms with Gasteiger partial charge in [-0.05, 0) is 11.4 Å². The summed E-state index contributed by atoms with van der Waals surface area (Å²) in [6.45, 7) is 3.26. The summed E-state index contributed by atoms with van der Waals surface area (Å²) in [6, 6.07) is 9.61. The number of thiophene rings is 1. The molecule has 4 atom stereocenters. The molecule has 0 saturated carbocycles. The highest BCUT2D eigenvalue weighted by Gasteiger charge is 2.78. The van der Waals surface area contributed by atoms with Crippen LogP contribution in [-0.4, -0.2) is 11.7 Å². The minimum atomic E-state index is -1.78. The van der Waals surface area contributed by atoms with Crippen LogP contribution >= 0.6 is 11.3 Å². The van der Waals surface area contributed by atoms with Gasteiger partial charge in [0.05, 0.1) is 24.1 Å². The van der Waals surface area contributed by atoms with Gasteiger partial charge in [0.15, 0.2) is 10.8 Å². The SMILES string of the molecule is C[C@@H]1C(C#N)(C#N)[C@@]2(C#N)C(=N)O[C@@]1(C)O[C@@H]2c1cccs1. The van der Waals surface area contributed by atoms with Gasteiger partial charge in [-0.25, -0.2) is 0 Å². The molecule has 1 aromatic rings. The van der Waals surface area contributed by atoms with Crippen molar-refractivity contribution in [2.45, 2.75) is 25.7 Å². The van der Waals surface area contributed by atoms with Crippen LogP contribution < -0.4 is 0 Å². The second kappa shape index (κ2) is 4.30. The van der Waals surface area contributed by atoms with Crippen molar-refractivity contribution in [3.8, 4) is 18.2 Å². The Morgan fingerprint density at radius 1 is 1.27 bits per heavy atom. The summed E-state index contributed by atoms with van der Waals surface area (Å²) in [5, 5.41) is 39.4. The monoisotopic (exact) mass is 312 g/mol. The van der Waals surface area contributed by atoms with E-state index in [-0.39, 0.29) is 5.90 Å². The molecule has 3 aliphatic heterocycles. The van der Waals surface area contributed by atoms with Gasteiger partial charge in [-0.1, -0.05) is 13.0 Å². The maximum atomic E-state index is 9.86. The standard InChI is InChI=1S/C15H12N4O2S/c1-9-13(2)20-11(10-4-3-5-22-10)15(8-18,12(19)21-13)14(9,6-16)7-17/h3-5,9,11,19H,1-2H3/t9-,11+,13+,15+/m0/s1. The van der Waals surface area contributed by atoms with E-state index in [1.54, 1.807) is 26.0 Å². The van der Waals surface area contributed by atoms with Crippen LogP contribution in [0.5, 0.6) is 0 Å². The van der Waals surface area contributed by atoms with Gasteiger partial charge < -0.3 is 9.47 Å². The zero-order chi connectivity index (χ0) is 16.2. The molecule has 3 fully saturated rings. The summed E-state index contributed by atoms with van der Waals surface area (Å²) in [7, 11) is 0. The normalized spacial score (nSPS) is 38.4. The number of hydrogen-bond acceptors (Lipinski definition) is 7. The third-order valence-corrected chi connectivity index (χ3v) is 5.71. The summed E-state index contributed by atoms with van der Waals surface area (Å²) in [6.07, 6.45) is -0.876. The number of hydrogen-bond donors (Lipinski definition) is 1. The number of nitriles is 3. The molecule has 0 aliphatic carbocycles. The lowest BCUT2D eigenvalue weighted by molar-refractivity contribution is -0.337. The third-order valence-electron chi connectivity index (χ3n) is 4.80. The quantitative estimate of drug-likeness (QED) is 0.856. The average Bonchev–Trinajstić information content (AvgIpc) is 3.03. The molecule has 0 aromatic carbocycles. The second-order valence-electron chi connectivity index (χ2n) is 5.63. The number of nitrogens with one attached hydrogen (secondary N) is 1. The number of rotatable bonds is 1. The molecule has 2 bridgehead atoms. The fraction of sp³-hybridized carbons (Fsp3) is 0.467. The minimum absolute atomic E-state index is 0.372. The molecule has 0 amide bonds. The summed E-state index contributed by atoms with van der Waals surface area (Å²) in [4.78, 5) is 0.697. The van der Waals surface area contributed by atoms with Gasteiger partial charge in [0.2, 0.25) is 11.7 Å². The third kappa shape index (κ3) is 1.32. The van der Waals surface area contributed by atoms with Crippen LogP contribution in [0, 0.1) is 56.2 Å². The van der Waals surface area contributed by atoms with Gasteiger partial charge in [0.25, 0.3) is 0 Å². The predicted molar refractivity (Wildman–Crippen MR) is 76.2 cm³/mol. The first-order chi connectivity index (χ1) is 10.4. The highest BCUT2D eigenvalue weighted by atomic mass is 32.1. The Bertz CT molecular complexity index is 755. The predicted octanol–water partition coefficient (Wildman–Crippen LogP) is 2.72. The highest BCUT2D eigenvalue weighted by Crippen LogP contribution is 2.66. The Hall–Kier alpha value is -2.40. The molecule has 22 heavy (non-hydrogen) atoms. The first-order valence-corrected chi connectivity index (χ1v) is 7.53. The first kappa shape index (κ1) is 14.5. The van der Waals surface area contributed by atoms with E-state index in [9.17, 15) is 15.8 Å². The van der Waals surface area contributed by atoms with Crippen molar-refractivity contribution in [2.24, 2.45) is 16.7 Å². The molecular formula is C15H12N4O2S. The van der Waals surface area contributed by atoms with Crippen LogP contribution in [0.15, 0.2) is 17.5 Å². The first-order valence-electron chi connectivity index (χ1n) is 6.65. The lowest BCUT2D eigenvalue weighted by Gasteiger charge is -2.60. The van der Waals surface area contributed by atoms with E-state index in [1.807, 2.05) is 23.6 Å². The van der Waals surface area contributed by atoms with Gasteiger partial charge in [-0.15, -0.1) is 11.3 Å². The smallest absolute Gasteiger partial charge is 0.215 e. The Labute approximate surface area is 131 Å². The highest BCUT2D eigenvalue weighted by molar-refractivity contribution is 7.10. The lowest BCUT2D eigenvalue weighted by Crippen LogP contribution is -2.71. The van der Waals surface area contributed by atoms with Gasteiger partial charge in [0, 0.05) is 11.8 Å². The van der Waals surface area contributed by atoms with Gasteiger partial charge in [-0.2, -0.15) is 15.8 Å². The van der Waals surface area contributed by atoms with Crippen LogP contribution in [-0.2, 0) is 9.47 Å². The van der Waals surface area contributed by atoms with Crippen LogP contribution in [0.1, 0.15) is 24.8 Å². The van der Waals surface area contributed by atoms with Crippen molar-refractivity contribution >= 4 is 17.2 Å². The maximum Gasteiger partial charge on any atom is 0.215 e. The summed E-state index contributed by atoms with van der Waals surface area (Å²) in [5.74, 6) is -2.35. The number of fused-ring (bicyclic) bond motifs is 3. The molecule has 3 aliphatic rings. The maximum absolute atomic E-state index is 9.86. The molecule has 4 rings (SSSR count). The largest absolute Gasteiger partial charge is 0.448 e. The molecule has 1 N–H and O–H groups in total. The molecule has 0 spiro atoms. The molecule has 110 valence electrons. The molecule has 7 heteroatoms. The van der Waals surface area contributed by atoms with Crippen molar-refractivity contribution in [3.63, 3.8) is 0 Å². The molecule has 6 nitrogen and oxygen atoms in total. The molecule has 1 aromatic heterocycles. The Morgan fingerprint density at radius 3 is 2.45 bits per heavy atom. The average molecular weight is 312 g/mol. The van der Waals surface area contributed by atoms with Gasteiger partial charge in [-0.3, -0.25) is 5.41 Å². The van der Waals surface area contributed by atoms with E-state index in [1.165, 1.54) is 11.3 Å². The molecule has 3 saturated heterocycles. The van der Waals surface area contributed by atoms with Crippen molar-refractivity contribution in [1.82, 2.24) is 0 Å². The second-order valence-corrected chi connectivity index (χ2v) is 6.61. The van der Waals surface area contributed by atoms with E-state index in [2.05, 4.69) is 0 Å². The van der Waals surface area contributed by atoms with Crippen molar-refractivity contribution in [3.05, 3.63) is 22.4 Å². The molecule has 4 heterocycles. The van der Waals surface area contributed by atoms with Crippen molar-refractivity contribution in [2.75, 3.05) is 0 Å². The number of nitrogens with zero attached hydrogens (tertiary/aromatic N) is 3. The van der Waals surface area contributed by atoms with Gasteiger partial charge in [0.1, 0.15) is 6.10 Å². The van der Waals surface area contributed by atoms with Crippen LogP contribution in [0.3, 0.4) is 0 Å². The lowest BCUT2D eigenvalue weighted by atomic mass is 9.51. The minimum Gasteiger partial charge on any atom is -0.448 e. The van der Waals surface area contributed by atoms with Gasteiger partial charge >= 0.3 is 0 Å². The topological polar surface area (TPSA) is 114 Å². The van der Waals surface area contributed by atoms with Crippen molar-refractivity contribution in [1.29, 1.82) is 21.2 Å². The molecule has 0 radical (unpaired) electrons. The van der Waals surface area contributed by atoms with Crippen molar-refractivity contribution < 1.29 is 9.47 Å². The summed E-state index contributed by atoms with van der Waals surface area (Å²) < 4.78 is 11.5. The van der Waals surface area contributed by atoms with E-state index >= 15 is 0 Å². The fourth-order valence-electron chi connectivity index (χ4n) is 3.36.